The van der Waals surface area contributed by atoms with Gasteiger partial charge in [-0.15, -0.1) is 6.58 Å². The number of hydrogen-bond acceptors (Lipinski definition) is 8. The number of anilines is 1. The lowest BCUT2D eigenvalue weighted by Crippen LogP contribution is -2.33. The highest BCUT2D eigenvalue weighted by molar-refractivity contribution is 6.34. The Balaban J connectivity index is 0.000000429. The summed E-state index contributed by atoms with van der Waals surface area (Å²) >= 11 is 6.72. The molecule has 5 rings (SSSR count). The molecule has 0 fully saturated rings. The number of ether oxygens (including phenoxy) is 1. The lowest BCUT2D eigenvalue weighted by atomic mass is 10.0. The van der Waals surface area contributed by atoms with E-state index in [0.29, 0.717) is 47.1 Å². The third kappa shape index (κ3) is 18.9. The molecule has 0 aliphatic carbocycles. The minimum absolute atomic E-state index is 0.0479. The smallest absolute Gasteiger partial charge is 0.251 e. The molecule has 344 valence electrons. The predicted molar refractivity (Wildman–Crippen MR) is 269 cm³/mol. The summed E-state index contributed by atoms with van der Waals surface area (Å²) in [6.07, 6.45) is 24.2. The van der Waals surface area contributed by atoms with Crippen LogP contribution in [0.1, 0.15) is 86.6 Å². The third-order valence-electron chi connectivity index (χ3n) is 10.7. The number of likely N-dealkylation sites (N-methyl/N-ethyl adjacent to an activating group) is 1. The number of nitrogens with one attached hydrogen (secondary N) is 4. The minimum Gasteiger partial charge on any atom is -0.473 e. The molecule has 2 heterocycles. The van der Waals surface area contributed by atoms with Crippen molar-refractivity contribution in [1.82, 2.24) is 25.4 Å². The Labute approximate surface area is 386 Å². The molecule has 1 aliphatic heterocycles. The quantitative estimate of drug-likeness (QED) is 0.0164. The van der Waals surface area contributed by atoms with E-state index in [1.807, 2.05) is 70.7 Å². The number of allylic oxidation sites excluding steroid dienone is 5. The summed E-state index contributed by atoms with van der Waals surface area (Å²) in [7, 11) is 6.01. The van der Waals surface area contributed by atoms with E-state index in [4.69, 9.17) is 21.1 Å². The fourth-order valence-corrected chi connectivity index (χ4v) is 7.37. The predicted octanol–water partition coefficient (Wildman–Crippen LogP) is 10.9. The van der Waals surface area contributed by atoms with Crippen molar-refractivity contribution in [2.24, 2.45) is 12.0 Å². The summed E-state index contributed by atoms with van der Waals surface area (Å²) in [5.41, 5.74) is 7.40. The van der Waals surface area contributed by atoms with Crippen LogP contribution in [0.2, 0.25) is 5.02 Å². The van der Waals surface area contributed by atoms with Crippen molar-refractivity contribution in [2.75, 3.05) is 52.3 Å². The van der Waals surface area contributed by atoms with Gasteiger partial charge in [0.2, 0.25) is 5.91 Å². The number of aldehydes is 1. The van der Waals surface area contributed by atoms with E-state index in [1.54, 1.807) is 12.3 Å². The van der Waals surface area contributed by atoms with Gasteiger partial charge in [0, 0.05) is 48.0 Å². The van der Waals surface area contributed by atoms with E-state index in [2.05, 4.69) is 85.9 Å². The van der Waals surface area contributed by atoms with Gasteiger partial charge in [-0.05, 0) is 145 Å². The highest BCUT2D eigenvalue weighted by atomic mass is 35.5. The Morgan fingerprint density at radius 1 is 0.984 bits per heavy atom. The Hall–Kier alpha value is -5.75. The number of carbonyl (C=O) groups excluding carboxylic acids is 3. The van der Waals surface area contributed by atoms with Gasteiger partial charge in [0.15, 0.2) is 6.73 Å². The van der Waals surface area contributed by atoms with Gasteiger partial charge in [-0.3, -0.25) is 24.3 Å². The Morgan fingerprint density at radius 2 is 1.72 bits per heavy atom. The number of amides is 2. The van der Waals surface area contributed by atoms with Crippen LogP contribution in [0, 0.1) is 6.92 Å². The first-order chi connectivity index (χ1) is 31.0. The summed E-state index contributed by atoms with van der Waals surface area (Å²) in [4.78, 5) is 39.6. The van der Waals surface area contributed by atoms with Crippen LogP contribution in [0.25, 0.3) is 22.0 Å². The number of aromatic nitrogens is 1. The van der Waals surface area contributed by atoms with E-state index in [0.717, 1.165) is 79.2 Å². The van der Waals surface area contributed by atoms with Crippen molar-refractivity contribution in [1.29, 1.82) is 0 Å². The number of halogens is 1. The molecule has 3 aromatic carbocycles. The monoisotopic (exact) mass is 892 g/mol. The molecular formula is C52H70ClN7O4. The standard InChI is InChI=1S/C35H44ClN5O2.C14H22N2O.C3H4O/c1-25-12-14-28(21-29(25)35(42)39-18-11-9-7-5-6-8-10-17-37-2)43-24-40-33-23-31(36)30(22-32(33)38-3)26-13-15-34-27(20-26)16-19-41(34)4;1-3-4-7-13-8-5-10-15-14(17)12-16(2)11-6-9-13;1-2-3-4/h12-16,19-23,37,40H,3,5-11,17-18,24H2,1-2,4H3,(H,39,42);3,5,8,10H,1,4,6-7,9,11-12H2,2H3,(H,15,17);2-3H,1H2/b;10-5+,13-8-;. The second kappa shape index (κ2) is 30.4. The van der Waals surface area contributed by atoms with Crippen molar-refractivity contribution >= 4 is 58.7 Å². The van der Waals surface area contributed by atoms with Crippen molar-refractivity contribution < 1.29 is 19.1 Å². The van der Waals surface area contributed by atoms with Crippen molar-refractivity contribution in [2.45, 2.75) is 77.6 Å². The number of carbonyl (C=O) groups is 3. The average Bonchev–Trinajstić information content (AvgIpc) is 3.65. The summed E-state index contributed by atoms with van der Waals surface area (Å²) in [6.45, 7) is 15.9. The molecule has 0 saturated carbocycles. The summed E-state index contributed by atoms with van der Waals surface area (Å²) in [5.74, 6) is 0.581. The normalized spacial score (nSPS) is 14.1. The fraction of sp³-hybridized carbons (Fsp3) is 0.385. The Kier molecular flexibility index (Phi) is 24.9. The molecule has 0 bridgehead atoms. The number of nitrogens with zero attached hydrogens (tertiary/aromatic N) is 3. The van der Waals surface area contributed by atoms with Gasteiger partial charge in [-0.1, -0.05) is 80.1 Å². The summed E-state index contributed by atoms with van der Waals surface area (Å²) < 4.78 is 8.05. The second-order valence-corrected chi connectivity index (χ2v) is 16.2. The molecule has 4 N–H and O–H groups in total. The fourth-order valence-electron chi connectivity index (χ4n) is 7.10. The van der Waals surface area contributed by atoms with E-state index in [9.17, 15) is 9.59 Å². The van der Waals surface area contributed by atoms with Crippen LogP contribution >= 0.6 is 11.6 Å². The van der Waals surface area contributed by atoms with Crippen LogP contribution in [0.15, 0.2) is 115 Å². The number of hydrogen-bond donors (Lipinski definition) is 4. The van der Waals surface area contributed by atoms with Crippen LogP contribution in [0.3, 0.4) is 0 Å². The zero-order chi connectivity index (χ0) is 46.5. The number of rotatable bonds is 21. The zero-order valence-corrected chi connectivity index (χ0v) is 39.3. The number of unbranched alkanes of at least 4 members (excludes halogenated alkanes) is 6. The maximum atomic E-state index is 12.9. The molecule has 0 unspecified atom stereocenters. The highest BCUT2D eigenvalue weighted by Gasteiger charge is 2.13. The van der Waals surface area contributed by atoms with E-state index < -0.39 is 0 Å². The van der Waals surface area contributed by atoms with Crippen molar-refractivity contribution in [3.8, 4) is 16.9 Å². The molecule has 2 amide bonds. The molecular weight excluding hydrogens is 822 g/mol. The van der Waals surface area contributed by atoms with Crippen molar-refractivity contribution in [3.63, 3.8) is 0 Å². The SMILES string of the molecule is C=CC=O.C=CCC/C1=C/C=C/NC(=O)CN(C)CCC1.C=Nc1cc(-c2ccc3c(ccn3C)c2)c(Cl)cc1NCOc1ccc(C)c(C(=O)NCCCCCCCCCNC)c1. The van der Waals surface area contributed by atoms with Crippen LogP contribution in [-0.2, 0) is 16.6 Å². The van der Waals surface area contributed by atoms with E-state index >= 15 is 0 Å². The van der Waals surface area contributed by atoms with Gasteiger partial charge in [0.25, 0.3) is 5.91 Å². The molecule has 11 nitrogen and oxygen atoms in total. The molecule has 4 aromatic rings. The maximum absolute atomic E-state index is 12.9. The van der Waals surface area contributed by atoms with Gasteiger partial charge < -0.3 is 30.6 Å². The molecule has 12 heteroatoms. The molecule has 1 aromatic heterocycles. The molecule has 0 radical (unpaired) electrons. The van der Waals surface area contributed by atoms with Crippen LogP contribution in [0.4, 0.5) is 11.4 Å². The molecule has 1 aliphatic rings. The van der Waals surface area contributed by atoms with Gasteiger partial charge >= 0.3 is 0 Å². The van der Waals surface area contributed by atoms with Gasteiger partial charge in [0.05, 0.1) is 22.9 Å². The second-order valence-electron chi connectivity index (χ2n) is 15.8. The molecule has 0 spiro atoms. The summed E-state index contributed by atoms with van der Waals surface area (Å²) in [5, 5.41) is 14.0. The lowest BCUT2D eigenvalue weighted by Gasteiger charge is -2.15. The Morgan fingerprint density at radius 3 is 2.42 bits per heavy atom. The molecule has 0 atom stereocenters. The van der Waals surface area contributed by atoms with Crippen LogP contribution < -0.4 is 26.0 Å². The number of benzene rings is 3. The van der Waals surface area contributed by atoms with Crippen molar-refractivity contribution in [3.05, 3.63) is 126 Å². The molecule has 0 saturated heterocycles. The zero-order valence-electron chi connectivity index (χ0n) is 38.5. The van der Waals surface area contributed by atoms with E-state index in [-0.39, 0.29) is 18.5 Å². The summed E-state index contributed by atoms with van der Waals surface area (Å²) in [6, 6.07) is 17.7. The van der Waals surface area contributed by atoms with E-state index in [1.165, 1.54) is 43.8 Å². The topological polar surface area (TPSA) is 129 Å². The van der Waals surface area contributed by atoms with Gasteiger partial charge in [0.1, 0.15) is 12.0 Å². The van der Waals surface area contributed by atoms with Crippen LogP contribution in [-0.4, -0.2) is 81.3 Å². The number of aryl methyl sites for hydroxylation is 2. The largest absolute Gasteiger partial charge is 0.473 e. The first-order valence-electron chi connectivity index (χ1n) is 22.3. The first-order valence-corrected chi connectivity index (χ1v) is 22.7. The maximum Gasteiger partial charge on any atom is 0.251 e. The first kappa shape index (κ1) is 52.6. The Bertz CT molecular complexity index is 2170. The van der Waals surface area contributed by atoms with Gasteiger partial charge in [-0.25, -0.2) is 0 Å². The lowest BCUT2D eigenvalue weighted by molar-refractivity contribution is -0.121. The molecule has 64 heavy (non-hydrogen) atoms. The highest BCUT2D eigenvalue weighted by Crippen LogP contribution is 2.38. The minimum atomic E-state index is -0.0721. The number of fused-ring (bicyclic) bond motifs is 1. The third-order valence-corrected chi connectivity index (χ3v) is 11.0. The van der Waals surface area contributed by atoms with Gasteiger partial charge in [-0.2, -0.15) is 0 Å². The average molecular weight is 893 g/mol. The number of aliphatic imine (C=N–C) groups is 1. The van der Waals surface area contributed by atoms with Crippen LogP contribution in [0.5, 0.6) is 5.75 Å².